The van der Waals surface area contributed by atoms with Crippen molar-refractivity contribution in [1.29, 1.82) is 0 Å². The van der Waals surface area contributed by atoms with Gasteiger partial charge in [0, 0.05) is 11.1 Å². The van der Waals surface area contributed by atoms with Crippen molar-refractivity contribution < 1.29 is 18.4 Å². The number of rotatable bonds is 6. The second-order valence-electron chi connectivity index (χ2n) is 6.14. The van der Waals surface area contributed by atoms with Crippen LogP contribution in [0.5, 0.6) is 0 Å². The highest BCUT2D eigenvalue weighted by Crippen LogP contribution is 2.22. The molecule has 9 nitrogen and oxygen atoms in total. The van der Waals surface area contributed by atoms with Gasteiger partial charge in [-0.2, -0.15) is 4.68 Å². The van der Waals surface area contributed by atoms with Crippen molar-refractivity contribution in [3.8, 4) is 22.9 Å². The molecule has 9 heteroatoms. The minimum absolute atomic E-state index is 0.126. The predicted octanol–water partition coefficient (Wildman–Crippen LogP) is 2.86. The molecule has 0 saturated carbocycles. The molecule has 2 aromatic heterocycles. The van der Waals surface area contributed by atoms with Crippen LogP contribution in [0.4, 0.5) is 0 Å². The fraction of sp³-hybridized carbons (Fsp3) is 0.150. The number of ether oxygens (including phenoxy) is 1. The van der Waals surface area contributed by atoms with Gasteiger partial charge in [-0.15, -0.1) is 15.3 Å². The number of carbonyl (C=O) groups excluding carboxylic acids is 1. The first-order valence-corrected chi connectivity index (χ1v) is 8.82. The summed E-state index contributed by atoms with van der Waals surface area (Å²) in [4.78, 5) is 24.2. The molecular weight excluding hydrogens is 376 g/mol. The third-order valence-corrected chi connectivity index (χ3v) is 4.02. The minimum Gasteiger partial charge on any atom is -0.451 e. The molecule has 0 aliphatic carbocycles. The molecule has 146 valence electrons. The molecule has 0 unspecified atom stereocenters. The van der Waals surface area contributed by atoms with Crippen molar-refractivity contribution >= 4 is 5.97 Å². The van der Waals surface area contributed by atoms with E-state index in [2.05, 4.69) is 15.3 Å². The average Bonchev–Trinajstić information content (AvgIpc) is 3.37. The number of nitrogens with zero attached hydrogens (tertiary/aromatic N) is 4. The Morgan fingerprint density at radius 3 is 2.24 bits per heavy atom. The zero-order chi connectivity index (χ0) is 20.2. The van der Waals surface area contributed by atoms with Gasteiger partial charge in [-0.3, -0.25) is 4.79 Å². The van der Waals surface area contributed by atoms with Gasteiger partial charge in [0.15, 0.2) is 6.10 Å². The fourth-order valence-electron chi connectivity index (χ4n) is 2.61. The summed E-state index contributed by atoms with van der Waals surface area (Å²) in [7, 11) is 0. The van der Waals surface area contributed by atoms with Crippen LogP contribution in [0.25, 0.3) is 22.9 Å². The van der Waals surface area contributed by atoms with E-state index >= 15 is 0 Å². The van der Waals surface area contributed by atoms with Gasteiger partial charge in [-0.1, -0.05) is 36.4 Å². The molecule has 0 N–H and O–H groups in total. The van der Waals surface area contributed by atoms with Gasteiger partial charge in [0.1, 0.15) is 6.54 Å². The van der Waals surface area contributed by atoms with Crippen molar-refractivity contribution in [3.63, 3.8) is 0 Å². The third kappa shape index (κ3) is 4.13. The number of esters is 1. The van der Waals surface area contributed by atoms with E-state index in [1.807, 2.05) is 36.4 Å². The normalized spacial score (nSPS) is 11.9. The molecule has 0 radical (unpaired) electrons. The zero-order valence-corrected chi connectivity index (χ0v) is 15.4. The summed E-state index contributed by atoms with van der Waals surface area (Å²) in [6, 6.07) is 18.1. The van der Waals surface area contributed by atoms with E-state index in [1.165, 1.54) is 0 Å². The highest BCUT2D eigenvalue weighted by molar-refractivity contribution is 5.69. The van der Waals surface area contributed by atoms with Gasteiger partial charge in [-0.25, -0.2) is 4.79 Å². The monoisotopic (exact) mass is 392 g/mol. The molecule has 4 rings (SSSR count). The van der Waals surface area contributed by atoms with Crippen LogP contribution in [0.1, 0.15) is 18.9 Å². The smallest absolute Gasteiger partial charge is 0.437 e. The molecule has 0 spiro atoms. The van der Waals surface area contributed by atoms with Crippen LogP contribution in [-0.2, 0) is 16.1 Å². The lowest BCUT2D eigenvalue weighted by atomic mass is 10.2. The summed E-state index contributed by atoms with van der Waals surface area (Å²) >= 11 is 0. The summed E-state index contributed by atoms with van der Waals surface area (Å²) in [5.41, 5.74) is 1.39. The molecule has 2 heterocycles. The maximum absolute atomic E-state index is 12.2. The lowest BCUT2D eigenvalue weighted by Crippen LogP contribution is -2.23. The van der Waals surface area contributed by atoms with Crippen LogP contribution in [-0.4, -0.2) is 25.9 Å². The van der Waals surface area contributed by atoms with E-state index in [0.29, 0.717) is 11.5 Å². The zero-order valence-electron chi connectivity index (χ0n) is 15.4. The van der Waals surface area contributed by atoms with Crippen LogP contribution in [0.2, 0.25) is 0 Å². The van der Waals surface area contributed by atoms with Gasteiger partial charge in [0.25, 0.3) is 5.89 Å². The van der Waals surface area contributed by atoms with E-state index in [9.17, 15) is 9.59 Å². The number of aromatic nitrogens is 4. The van der Waals surface area contributed by atoms with Gasteiger partial charge < -0.3 is 13.6 Å². The average molecular weight is 392 g/mol. The highest BCUT2D eigenvalue weighted by Gasteiger charge is 2.21. The standard InChI is InChI=1S/C20H16N4O5/c1-13(17-21-22-18(28-17)14-8-4-2-5-9-14)27-16(25)12-24-20(26)29-19(23-24)15-10-6-3-7-11-15/h2-11,13H,12H2,1H3/t13-/m1/s1. The van der Waals surface area contributed by atoms with Crippen LogP contribution < -0.4 is 5.76 Å². The summed E-state index contributed by atoms with van der Waals surface area (Å²) in [5, 5.41) is 11.9. The number of hydrogen-bond acceptors (Lipinski definition) is 8. The Hall–Kier alpha value is -4.01. The topological polar surface area (TPSA) is 113 Å². The van der Waals surface area contributed by atoms with E-state index in [0.717, 1.165) is 10.2 Å². The van der Waals surface area contributed by atoms with E-state index in [4.69, 9.17) is 13.6 Å². The van der Waals surface area contributed by atoms with Crippen molar-refractivity contribution in [3.05, 3.63) is 77.1 Å². The number of carbonyl (C=O) groups is 1. The van der Waals surface area contributed by atoms with E-state index in [-0.39, 0.29) is 11.8 Å². The molecular formula is C20H16N4O5. The minimum atomic E-state index is -0.788. The van der Waals surface area contributed by atoms with Crippen molar-refractivity contribution in [2.24, 2.45) is 0 Å². The Kier molecular flexibility index (Phi) is 5.02. The summed E-state index contributed by atoms with van der Waals surface area (Å²) in [6.07, 6.45) is -0.788. The fourth-order valence-corrected chi connectivity index (χ4v) is 2.61. The molecule has 0 saturated heterocycles. The third-order valence-electron chi connectivity index (χ3n) is 4.02. The van der Waals surface area contributed by atoms with Gasteiger partial charge >= 0.3 is 11.7 Å². The predicted molar refractivity (Wildman–Crippen MR) is 100 cm³/mol. The van der Waals surface area contributed by atoms with Crippen LogP contribution >= 0.6 is 0 Å². The molecule has 2 aromatic carbocycles. The molecule has 0 bridgehead atoms. The quantitative estimate of drug-likeness (QED) is 0.460. The first kappa shape index (κ1) is 18.4. The lowest BCUT2D eigenvalue weighted by molar-refractivity contribution is -0.150. The van der Waals surface area contributed by atoms with Gasteiger partial charge in [0.05, 0.1) is 0 Å². The number of benzene rings is 2. The van der Waals surface area contributed by atoms with Crippen LogP contribution in [0.3, 0.4) is 0 Å². The molecule has 1 atom stereocenters. The molecule has 0 aliphatic heterocycles. The van der Waals surface area contributed by atoms with Gasteiger partial charge in [0.2, 0.25) is 11.8 Å². The van der Waals surface area contributed by atoms with E-state index < -0.39 is 24.4 Å². The Morgan fingerprint density at radius 2 is 1.59 bits per heavy atom. The SMILES string of the molecule is C[C@@H](OC(=O)Cn1nc(-c2ccccc2)oc1=O)c1nnc(-c2ccccc2)o1. The molecule has 29 heavy (non-hydrogen) atoms. The molecule has 4 aromatic rings. The van der Waals surface area contributed by atoms with Crippen LogP contribution in [0, 0.1) is 0 Å². The summed E-state index contributed by atoms with van der Waals surface area (Å²) in [6.45, 7) is 1.19. The first-order valence-electron chi connectivity index (χ1n) is 8.82. The maximum Gasteiger partial charge on any atom is 0.437 e. The second kappa shape index (κ2) is 7.93. The summed E-state index contributed by atoms with van der Waals surface area (Å²) < 4.78 is 16.8. The Morgan fingerprint density at radius 1 is 0.966 bits per heavy atom. The van der Waals surface area contributed by atoms with Crippen LogP contribution in [0.15, 0.2) is 74.3 Å². The van der Waals surface area contributed by atoms with Crippen molar-refractivity contribution in [2.75, 3.05) is 0 Å². The second-order valence-corrected chi connectivity index (χ2v) is 6.14. The Labute approximate surface area is 164 Å². The summed E-state index contributed by atoms with van der Waals surface area (Å²) in [5.74, 6) is -0.844. The number of hydrogen-bond donors (Lipinski definition) is 0. The maximum atomic E-state index is 12.2. The highest BCUT2D eigenvalue weighted by atomic mass is 16.6. The van der Waals surface area contributed by atoms with Crippen molar-refractivity contribution in [1.82, 2.24) is 20.0 Å². The Balaban J connectivity index is 1.42. The Bertz CT molecular complexity index is 1160. The largest absolute Gasteiger partial charge is 0.451 e. The molecule has 0 aliphatic rings. The first-order chi connectivity index (χ1) is 14.1. The van der Waals surface area contributed by atoms with Crippen molar-refractivity contribution in [2.45, 2.75) is 19.6 Å². The lowest BCUT2D eigenvalue weighted by Gasteiger charge is -2.08. The van der Waals surface area contributed by atoms with Gasteiger partial charge in [-0.05, 0) is 31.2 Å². The molecule has 0 fully saturated rings. The molecule has 0 amide bonds. The van der Waals surface area contributed by atoms with E-state index in [1.54, 1.807) is 31.2 Å².